The fourth-order valence-electron chi connectivity index (χ4n) is 3.85. The van der Waals surface area contributed by atoms with E-state index in [0.717, 1.165) is 19.2 Å². The zero-order chi connectivity index (χ0) is 23.7. The van der Waals surface area contributed by atoms with E-state index in [0.29, 0.717) is 22.9 Å². The van der Waals surface area contributed by atoms with Gasteiger partial charge in [-0.3, -0.25) is 0 Å². The smallest absolute Gasteiger partial charge is 0.409 e. The first kappa shape index (κ1) is 22.9. The quantitative estimate of drug-likeness (QED) is 0.530. The fraction of sp³-hybridized carbons (Fsp3) is 0.318. The number of methoxy groups -OCH3 is 2. The van der Waals surface area contributed by atoms with Gasteiger partial charge in [-0.1, -0.05) is 11.6 Å². The Bertz CT molecular complexity index is 1210. The van der Waals surface area contributed by atoms with Crippen molar-refractivity contribution in [3.05, 3.63) is 58.4 Å². The van der Waals surface area contributed by atoms with Crippen LogP contribution in [0, 0.1) is 11.6 Å². The molecule has 0 radical (unpaired) electrons. The Morgan fingerprint density at radius 1 is 1.21 bits per heavy atom. The topological polar surface area (TPSA) is 82.4 Å². The average Bonchev–Trinajstić information content (AvgIpc) is 3.14. The van der Waals surface area contributed by atoms with E-state index in [9.17, 15) is 9.59 Å². The molecule has 0 bridgehead atoms. The number of hydrogen-bond acceptors (Lipinski definition) is 6. The number of hydrogen-bond donors (Lipinski definition) is 0. The van der Waals surface area contributed by atoms with Gasteiger partial charge in [-0.25, -0.2) is 23.4 Å². The predicted molar refractivity (Wildman–Crippen MR) is 114 cm³/mol. The van der Waals surface area contributed by atoms with Crippen molar-refractivity contribution in [2.24, 2.45) is 0 Å². The fourth-order valence-corrected chi connectivity index (χ4v) is 4.01. The summed E-state index contributed by atoms with van der Waals surface area (Å²) >= 11 is 6.09. The number of halogens is 3. The molecular weight excluding hydrogens is 460 g/mol. The second kappa shape index (κ2) is 9.32. The molecule has 3 aromatic rings. The van der Waals surface area contributed by atoms with Crippen molar-refractivity contribution in [1.29, 1.82) is 0 Å². The van der Waals surface area contributed by atoms with Gasteiger partial charge in [0.2, 0.25) is 0 Å². The van der Waals surface area contributed by atoms with Crippen LogP contribution in [0.3, 0.4) is 0 Å². The van der Waals surface area contributed by atoms with Crippen LogP contribution in [-0.2, 0) is 20.6 Å². The Morgan fingerprint density at radius 3 is 2.61 bits per heavy atom. The van der Waals surface area contributed by atoms with Crippen molar-refractivity contribution in [2.75, 3.05) is 33.9 Å². The first-order valence-electron chi connectivity index (χ1n) is 10.0. The van der Waals surface area contributed by atoms with Crippen LogP contribution in [0.25, 0.3) is 16.9 Å². The van der Waals surface area contributed by atoms with Gasteiger partial charge in [0.1, 0.15) is 17.3 Å². The Morgan fingerprint density at radius 2 is 1.94 bits per heavy atom. The van der Waals surface area contributed by atoms with Crippen molar-refractivity contribution in [2.45, 2.75) is 12.5 Å². The van der Waals surface area contributed by atoms with Crippen molar-refractivity contribution in [3.8, 4) is 11.3 Å². The van der Waals surface area contributed by atoms with Gasteiger partial charge in [0.15, 0.2) is 0 Å². The molecule has 1 aromatic carbocycles. The van der Waals surface area contributed by atoms with Crippen molar-refractivity contribution in [3.63, 3.8) is 0 Å². The summed E-state index contributed by atoms with van der Waals surface area (Å²) in [5, 5.41) is 0.401. The number of nitrogens with zero attached hydrogens (tertiary/aromatic N) is 3. The zero-order valence-corrected chi connectivity index (χ0v) is 18.6. The number of esters is 1. The summed E-state index contributed by atoms with van der Waals surface area (Å²) in [6.07, 6.45) is 0.892. The van der Waals surface area contributed by atoms with Crippen LogP contribution in [0.2, 0.25) is 5.02 Å². The highest BCUT2D eigenvalue weighted by molar-refractivity contribution is 6.30. The van der Waals surface area contributed by atoms with Gasteiger partial charge in [-0.05, 0) is 18.2 Å². The number of rotatable bonds is 4. The number of carbonyl (C=O) groups excluding carboxylic acids is 2. The maximum atomic E-state index is 15.0. The Kier molecular flexibility index (Phi) is 6.48. The van der Waals surface area contributed by atoms with Gasteiger partial charge >= 0.3 is 12.1 Å². The molecular formula is C22H20ClF2N3O5. The SMILES string of the molecule is COC(=O)c1cc(F)c(-c2nc3cc(Cl)ccn3c2CC2CN(C(=O)OC)CCO2)c(F)c1. The molecule has 1 amide bonds. The molecule has 0 aliphatic carbocycles. The summed E-state index contributed by atoms with van der Waals surface area (Å²) < 4.78 is 46.9. The number of carbonyl (C=O) groups is 2. The van der Waals surface area contributed by atoms with Crippen LogP contribution in [-0.4, -0.2) is 66.4 Å². The third-order valence-corrected chi connectivity index (χ3v) is 5.61. The lowest BCUT2D eigenvalue weighted by atomic mass is 10.0. The monoisotopic (exact) mass is 479 g/mol. The van der Waals surface area contributed by atoms with E-state index in [4.69, 9.17) is 21.1 Å². The molecule has 1 aliphatic rings. The van der Waals surface area contributed by atoms with Crippen LogP contribution in [0.5, 0.6) is 0 Å². The lowest BCUT2D eigenvalue weighted by Gasteiger charge is -2.32. The van der Waals surface area contributed by atoms with Gasteiger partial charge in [0.25, 0.3) is 0 Å². The highest BCUT2D eigenvalue weighted by atomic mass is 35.5. The van der Waals surface area contributed by atoms with Gasteiger partial charge in [0, 0.05) is 30.3 Å². The Balaban J connectivity index is 1.79. The van der Waals surface area contributed by atoms with Crippen LogP contribution >= 0.6 is 11.6 Å². The largest absolute Gasteiger partial charge is 0.465 e. The minimum absolute atomic E-state index is 0.0440. The van der Waals surface area contributed by atoms with E-state index in [2.05, 4.69) is 9.72 Å². The Labute approximate surface area is 192 Å². The molecule has 1 aliphatic heterocycles. The van der Waals surface area contributed by atoms with E-state index in [1.807, 2.05) is 0 Å². The van der Waals surface area contributed by atoms with Gasteiger partial charge < -0.3 is 23.5 Å². The average molecular weight is 480 g/mol. The van der Waals surface area contributed by atoms with Crippen molar-refractivity contribution >= 4 is 29.3 Å². The third kappa shape index (κ3) is 4.49. The van der Waals surface area contributed by atoms with Crippen LogP contribution < -0.4 is 0 Å². The summed E-state index contributed by atoms with van der Waals surface area (Å²) in [5.74, 6) is -2.79. The zero-order valence-electron chi connectivity index (χ0n) is 17.8. The normalized spacial score (nSPS) is 16.2. The maximum absolute atomic E-state index is 15.0. The van der Waals surface area contributed by atoms with E-state index in [1.165, 1.54) is 12.0 Å². The van der Waals surface area contributed by atoms with Crippen LogP contribution in [0.4, 0.5) is 13.6 Å². The predicted octanol–water partition coefficient (Wildman–Crippen LogP) is 3.73. The number of pyridine rings is 1. The van der Waals surface area contributed by atoms with Crippen molar-refractivity contribution in [1.82, 2.24) is 14.3 Å². The molecule has 1 atom stereocenters. The van der Waals surface area contributed by atoms with Crippen LogP contribution in [0.15, 0.2) is 30.5 Å². The summed E-state index contributed by atoms with van der Waals surface area (Å²) in [6.45, 7) is 0.893. The summed E-state index contributed by atoms with van der Waals surface area (Å²) in [4.78, 5) is 29.6. The molecule has 4 rings (SSSR count). The second-order valence-electron chi connectivity index (χ2n) is 7.40. The lowest BCUT2D eigenvalue weighted by molar-refractivity contribution is -0.0241. The second-order valence-corrected chi connectivity index (χ2v) is 7.84. The molecule has 0 spiro atoms. The molecule has 1 saturated heterocycles. The molecule has 174 valence electrons. The number of ether oxygens (including phenoxy) is 3. The summed E-state index contributed by atoms with van der Waals surface area (Å²) in [7, 11) is 2.42. The van der Waals surface area contributed by atoms with Gasteiger partial charge in [-0.15, -0.1) is 0 Å². The van der Waals surface area contributed by atoms with Gasteiger partial charge in [0.05, 0.1) is 56.0 Å². The van der Waals surface area contributed by atoms with E-state index in [1.54, 1.807) is 22.7 Å². The molecule has 0 saturated carbocycles. The molecule has 0 N–H and O–H groups in total. The molecule has 8 nitrogen and oxygen atoms in total. The molecule has 11 heteroatoms. The van der Waals surface area contributed by atoms with Crippen molar-refractivity contribution < 1.29 is 32.6 Å². The number of amides is 1. The lowest BCUT2D eigenvalue weighted by Crippen LogP contribution is -2.46. The summed E-state index contributed by atoms with van der Waals surface area (Å²) in [6, 6.07) is 5.00. The molecule has 2 aromatic heterocycles. The first-order valence-corrected chi connectivity index (χ1v) is 10.4. The highest BCUT2D eigenvalue weighted by Gasteiger charge is 2.29. The molecule has 3 heterocycles. The van der Waals surface area contributed by atoms with E-state index < -0.39 is 35.4 Å². The highest BCUT2D eigenvalue weighted by Crippen LogP contribution is 2.32. The number of fused-ring (bicyclic) bond motifs is 1. The Hall–Kier alpha value is -3.24. The number of imidazole rings is 1. The minimum Gasteiger partial charge on any atom is -0.465 e. The van der Waals surface area contributed by atoms with E-state index in [-0.39, 0.29) is 30.8 Å². The number of morpholine rings is 1. The number of aromatic nitrogens is 2. The molecule has 1 unspecified atom stereocenters. The third-order valence-electron chi connectivity index (χ3n) is 5.38. The first-order chi connectivity index (χ1) is 15.8. The minimum atomic E-state index is -0.966. The molecule has 1 fully saturated rings. The maximum Gasteiger partial charge on any atom is 0.409 e. The van der Waals surface area contributed by atoms with Gasteiger partial charge in [-0.2, -0.15) is 0 Å². The standard InChI is InChI=1S/C22H20ClF2N3O5/c1-31-21(29)12-7-15(24)19(16(25)8-12)20-17(28-4-3-13(23)9-18(28)26-20)10-14-11-27(5-6-33-14)22(30)32-2/h3-4,7-9,14H,5-6,10-11H2,1-2H3. The van der Waals surface area contributed by atoms with Crippen LogP contribution in [0.1, 0.15) is 16.1 Å². The number of benzene rings is 1. The van der Waals surface area contributed by atoms with E-state index >= 15 is 8.78 Å². The molecule has 33 heavy (non-hydrogen) atoms. The summed E-state index contributed by atoms with van der Waals surface area (Å²) in [5.41, 5.74) is 0.237.